The predicted molar refractivity (Wildman–Crippen MR) is 62.8 cm³/mol. The van der Waals surface area contributed by atoms with Crippen molar-refractivity contribution in [3.8, 4) is 5.75 Å². The van der Waals surface area contributed by atoms with E-state index in [0.717, 1.165) is 18.9 Å². The van der Waals surface area contributed by atoms with Gasteiger partial charge in [-0.05, 0) is 37.8 Å². The molecule has 2 N–H and O–H groups in total. The number of nitrogens with two attached hydrogens (primary N) is 1. The molecule has 0 heterocycles. The molecule has 0 aromatic heterocycles. The van der Waals surface area contributed by atoms with Crippen LogP contribution in [0, 0.1) is 5.92 Å². The van der Waals surface area contributed by atoms with E-state index < -0.39 is 23.4 Å². The molecule has 0 amide bonds. The molecule has 1 aromatic rings. The Morgan fingerprint density at radius 2 is 1.89 bits per heavy atom. The van der Waals surface area contributed by atoms with Crippen LogP contribution in [0.3, 0.4) is 0 Å². The third-order valence-corrected chi connectivity index (χ3v) is 3.27. The topological polar surface area (TPSA) is 52.3 Å². The van der Waals surface area contributed by atoms with Crippen LogP contribution < -0.4 is 10.5 Å². The maximum Gasteiger partial charge on any atom is 0.573 e. The molecule has 2 rings (SSSR count). The van der Waals surface area contributed by atoms with Crippen LogP contribution >= 0.6 is 0 Å². The SMILES string of the molecule is CC(N)(C(=O)c1ccccc1OC(F)(F)F)C1CC1. The van der Waals surface area contributed by atoms with Gasteiger partial charge in [-0.2, -0.15) is 0 Å². The van der Waals surface area contributed by atoms with Gasteiger partial charge in [0.05, 0.1) is 11.1 Å². The molecule has 6 heteroatoms. The molecule has 0 bridgehead atoms. The lowest BCUT2D eigenvalue weighted by Gasteiger charge is -2.24. The van der Waals surface area contributed by atoms with Gasteiger partial charge in [-0.25, -0.2) is 0 Å². The van der Waals surface area contributed by atoms with E-state index in [4.69, 9.17) is 5.73 Å². The van der Waals surface area contributed by atoms with E-state index in [0.29, 0.717) is 0 Å². The fourth-order valence-electron chi connectivity index (χ4n) is 2.03. The molecule has 1 aliphatic carbocycles. The average Bonchev–Trinajstić information content (AvgIpc) is 3.10. The molecule has 1 saturated carbocycles. The number of hydrogen-bond donors (Lipinski definition) is 1. The van der Waals surface area contributed by atoms with Crippen molar-refractivity contribution in [2.75, 3.05) is 0 Å². The van der Waals surface area contributed by atoms with Crippen LogP contribution in [0.1, 0.15) is 30.1 Å². The lowest BCUT2D eigenvalue weighted by atomic mass is 9.87. The molecular weight excluding hydrogens is 259 g/mol. The highest BCUT2D eigenvalue weighted by atomic mass is 19.4. The molecule has 1 fully saturated rings. The smallest absolute Gasteiger partial charge is 0.405 e. The van der Waals surface area contributed by atoms with Crippen molar-refractivity contribution in [1.82, 2.24) is 0 Å². The summed E-state index contributed by atoms with van der Waals surface area (Å²) < 4.78 is 40.7. The summed E-state index contributed by atoms with van der Waals surface area (Å²) in [5.41, 5.74) is 4.67. The fraction of sp³-hybridized carbons (Fsp3) is 0.462. The summed E-state index contributed by atoms with van der Waals surface area (Å²) in [6.07, 6.45) is -3.19. The molecule has 3 nitrogen and oxygen atoms in total. The van der Waals surface area contributed by atoms with E-state index in [2.05, 4.69) is 4.74 Å². The Bertz CT molecular complexity index is 493. The normalized spacial score (nSPS) is 18.8. The first-order valence-corrected chi connectivity index (χ1v) is 5.90. The first kappa shape index (κ1) is 13.9. The summed E-state index contributed by atoms with van der Waals surface area (Å²) in [5.74, 6) is -0.994. The highest BCUT2D eigenvalue weighted by molar-refractivity contribution is 6.05. The van der Waals surface area contributed by atoms with Gasteiger partial charge < -0.3 is 10.5 Å². The van der Waals surface area contributed by atoms with Crippen molar-refractivity contribution in [2.45, 2.75) is 31.7 Å². The highest BCUT2D eigenvalue weighted by Gasteiger charge is 2.45. The monoisotopic (exact) mass is 273 g/mol. The number of ketones is 1. The molecule has 1 atom stereocenters. The Balaban J connectivity index is 2.31. The Kier molecular flexibility index (Phi) is 3.30. The molecule has 0 aliphatic heterocycles. The zero-order valence-electron chi connectivity index (χ0n) is 10.3. The Morgan fingerprint density at radius 3 is 2.42 bits per heavy atom. The lowest BCUT2D eigenvalue weighted by Crippen LogP contribution is -2.47. The summed E-state index contributed by atoms with van der Waals surface area (Å²) in [6.45, 7) is 1.55. The van der Waals surface area contributed by atoms with Gasteiger partial charge in [0, 0.05) is 0 Å². The number of rotatable bonds is 4. The van der Waals surface area contributed by atoms with Crippen LogP contribution in [0.5, 0.6) is 5.75 Å². The van der Waals surface area contributed by atoms with Crippen LogP contribution in [-0.2, 0) is 0 Å². The number of hydrogen-bond acceptors (Lipinski definition) is 3. The van der Waals surface area contributed by atoms with E-state index in [-0.39, 0.29) is 11.5 Å². The van der Waals surface area contributed by atoms with Gasteiger partial charge in [0.2, 0.25) is 0 Å². The van der Waals surface area contributed by atoms with E-state index in [1.165, 1.54) is 18.2 Å². The van der Waals surface area contributed by atoms with Crippen molar-refractivity contribution in [3.05, 3.63) is 29.8 Å². The Morgan fingerprint density at radius 1 is 1.32 bits per heavy atom. The van der Waals surface area contributed by atoms with Gasteiger partial charge in [-0.3, -0.25) is 4.79 Å². The van der Waals surface area contributed by atoms with Gasteiger partial charge in [0.25, 0.3) is 0 Å². The molecule has 1 unspecified atom stereocenters. The standard InChI is InChI=1S/C13H14F3NO2/c1-12(17,8-6-7-8)11(18)9-4-2-3-5-10(9)19-13(14,15)16/h2-5,8H,6-7,17H2,1H3. The van der Waals surface area contributed by atoms with Gasteiger partial charge in [0.15, 0.2) is 5.78 Å². The summed E-state index contributed by atoms with van der Waals surface area (Å²) in [4.78, 5) is 12.3. The van der Waals surface area contributed by atoms with Crippen molar-refractivity contribution in [2.24, 2.45) is 11.7 Å². The Hall–Kier alpha value is -1.56. The minimum absolute atomic E-state index is 0.0268. The van der Waals surface area contributed by atoms with Gasteiger partial charge in [0.1, 0.15) is 5.75 Å². The lowest BCUT2D eigenvalue weighted by molar-refractivity contribution is -0.274. The van der Waals surface area contributed by atoms with E-state index in [1.807, 2.05) is 0 Å². The number of benzene rings is 1. The summed E-state index contributed by atoms with van der Waals surface area (Å²) in [5, 5.41) is 0. The number of Topliss-reactive ketones (excluding diaryl/α,β-unsaturated/α-hetero) is 1. The quantitative estimate of drug-likeness (QED) is 0.858. The maximum absolute atomic E-state index is 12.3. The minimum atomic E-state index is -4.83. The summed E-state index contributed by atoms with van der Waals surface area (Å²) >= 11 is 0. The largest absolute Gasteiger partial charge is 0.573 e. The second kappa shape index (κ2) is 4.52. The third kappa shape index (κ3) is 3.07. The minimum Gasteiger partial charge on any atom is -0.405 e. The number of halogens is 3. The second-order valence-electron chi connectivity index (χ2n) is 4.93. The average molecular weight is 273 g/mol. The zero-order chi connectivity index (χ0) is 14.3. The van der Waals surface area contributed by atoms with Crippen molar-refractivity contribution >= 4 is 5.78 Å². The van der Waals surface area contributed by atoms with Gasteiger partial charge in [-0.15, -0.1) is 13.2 Å². The van der Waals surface area contributed by atoms with Crippen molar-refractivity contribution in [1.29, 1.82) is 0 Å². The van der Waals surface area contributed by atoms with E-state index in [1.54, 1.807) is 6.92 Å². The molecule has 104 valence electrons. The van der Waals surface area contributed by atoms with E-state index in [9.17, 15) is 18.0 Å². The molecule has 1 aliphatic rings. The third-order valence-electron chi connectivity index (χ3n) is 3.27. The van der Waals surface area contributed by atoms with Crippen molar-refractivity contribution < 1.29 is 22.7 Å². The number of carbonyl (C=O) groups excluding carboxylic acids is 1. The van der Waals surface area contributed by atoms with Crippen LogP contribution in [-0.4, -0.2) is 17.7 Å². The number of carbonyl (C=O) groups is 1. The molecule has 0 saturated heterocycles. The molecule has 1 aromatic carbocycles. The molecule has 19 heavy (non-hydrogen) atoms. The fourth-order valence-corrected chi connectivity index (χ4v) is 2.03. The van der Waals surface area contributed by atoms with Crippen LogP contribution in [0.25, 0.3) is 0 Å². The maximum atomic E-state index is 12.3. The molecular formula is C13H14F3NO2. The van der Waals surface area contributed by atoms with Crippen molar-refractivity contribution in [3.63, 3.8) is 0 Å². The molecule has 0 spiro atoms. The molecule has 0 radical (unpaired) electrons. The number of alkyl halides is 3. The van der Waals surface area contributed by atoms with Crippen LogP contribution in [0.15, 0.2) is 24.3 Å². The number of ether oxygens (including phenoxy) is 1. The first-order valence-electron chi connectivity index (χ1n) is 5.90. The zero-order valence-corrected chi connectivity index (χ0v) is 10.3. The van der Waals surface area contributed by atoms with Gasteiger partial charge in [-0.1, -0.05) is 12.1 Å². The predicted octanol–water partition coefficient (Wildman–Crippen LogP) is 2.90. The second-order valence-corrected chi connectivity index (χ2v) is 4.93. The highest BCUT2D eigenvalue weighted by Crippen LogP contribution is 2.41. The Labute approximate surface area is 108 Å². The van der Waals surface area contributed by atoms with Crippen LogP contribution in [0.2, 0.25) is 0 Å². The van der Waals surface area contributed by atoms with Gasteiger partial charge >= 0.3 is 6.36 Å². The van der Waals surface area contributed by atoms with Crippen LogP contribution in [0.4, 0.5) is 13.2 Å². The first-order chi connectivity index (χ1) is 8.72. The van der Waals surface area contributed by atoms with E-state index >= 15 is 0 Å². The number of para-hydroxylation sites is 1. The summed E-state index contributed by atoms with van der Waals surface area (Å²) in [7, 11) is 0. The summed E-state index contributed by atoms with van der Waals surface area (Å²) in [6, 6.07) is 5.28.